The van der Waals surface area contributed by atoms with Crippen LogP contribution in [0.2, 0.25) is 0 Å². The third kappa shape index (κ3) is 3.82. The number of halogens is 1. The zero-order valence-electron chi connectivity index (χ0n) is 15.0. The molecular formula is C19H16BrN6O2+. The summed E-state index contributed by atoms with van der Waals surface area (Å²) in [7, 11) is 1.96. The van der Waals surface area contributed by atoms with Crippen molar-refractivity contribution in [2.75, 3.05) is 6.61 Å². The van der Waals surface area contributed by atoms with Crippen LogP contribution in [0.15, 0.2) is 74.7 Å². The lowest BCUT2D eigenvalue weighted by Crippen LogP contribution is -2.14. The molecule has 0 spiro atoms. The molecule has 0 radical (unpaired) electrons. The van der Waals surface area contributed by atoms with Crippen molar-refractivity contribution in [3.05, 3.63) is 75.1 Å². The van der Waals surface area contributed by atoms with Crippen LogP contribution in [0.5, 0.6) is 0 Å². The molecule has 1 heterocycles. The Bertz CT molecular complexity index is 1120. The second kappa shape index (κ2) is 8.54. The molecule has 28 heavy (non-hydrogen) atoms. The largest absolute Gasteiger partial charge is 0.461 e. The van der Waals surface area contributed by atoms with Crippen LogP contribution in [0.25, 0.3) is 16.0 Å². The SMILES string of the molecule is Cn1cc(CCOC(=O)C(N=N)=C2C=CC=CC2=N[N+]#N)c2c(Br)cccc21. The van der Waals surface area contributed by atoms with Crippen molar-refractivity contribution in [1.82, 2.24) is 4.57 Å². The Balaban J connectivity index is 1.77. The van der Waals surface area contributed by atoms with Gasteiger partial charge in [0.1, 0.15) is 0 Å². The van der Waals surface area contributed by atoms with Gasteiger partial charge in [0.05, 0.1) is 6.61 Å². The van der Waals surface area contributed by atoms with E-state index in [0.717, 1.165) is 20.9 Å². The van der Waals surface area contributed by atoms with Crippen molar-refractivity contribution in [2.45, 2.75) is 6.42 Å². The predicted octanol–water partition coefficient (Wildman–Crippen LogP) is 4.65. The number of carbonyl (C=O) groups excluding carboxylic acids is 1. The Morgan fingerprint density at radius 3 is 2.89 bits per heavy atom. The van der Waals surface area contributed by atoms with E-state index in [2.05, 4.69) is 31.2 Å². The Morgan fingerprint density at radius 2 is 2.14 bits per heavy atom. The number of aryl methyl sites for hydroxylation is 1. The number of ether oxygens (including phenoxy) is 1. The molecule has 0 bridgehead atoms. The summed E-state index contributed by atoms with van der Waals surface area (Å²) in [6.07, 6.45) is 8.94. The molecule has 0 aliphatic heterocycles. The highest BCUT2D eigenvalue weighted by Gasteiger charge is 2.22. The minimum Gasteiger partial charge on any atom is -0.461 e. The molecule has 0 fully saturated rings. The highest BCUT2D eigenvalue weighted by molar-refractivity contribution is 9.10. The number of allylic oxidation sites excluding steroid dienone is 5. The van der Waals surface area contributed by atoms with Gasteiger partial charge in [-0.2, -0.15) is 5.11 Å². The maximum absolute atomic E-state index is 12.4. The number of fused-ring (bicyclic) bond motifs is 1. The van der Waals surface area contributed by atoms with Crippen LogP contribution in [0, 0.1) is 10.9 Å². The Labute approximate surface area is 169 Å². The van der Waals surface area contributed by atoms with Crippen molar-refractivity contribution in [3.63, 3.8) is 0 Å². The molecule has 9 heteroatoms. The summed E-state index contributed by atoms with van der Waals surface area (Å²) in [5, 5.41) is 19.3. The Kier molecular flexibility index (Phi) is 5.91. The average Bonchev–Trinajstić information content (AvgIpc) is 3.01. The van der Waals surface area contributed by atoms with Crippen LogP contribution in [0.4, 0.5) is 0 Å². The molecule has 0 unspecified atom stereocenters. The van der Waals surface area contributed by atoms with Crippen molar-refractivity contribution < 1.29 is 9.53 Å². The van der Waals surface area contributed by atoms with Crippen molar-refractivity contribution in [3.8, 4) is 0 Å². The molecule has 0 atom stereocenters. The first-order chi connectivity index (χ1) is 13.6. The fourth-order valence-corrected chi connectivity index (χ4v) is 3.64. The molecule has 1 aliphatic carbocycles. The molecule has 1 aliphatic rings. The Morgan fingerprint density at radius 1 is 1.36 bits per heavy atom. The second-order valence-electron chi connectivity index (χ2n) is 5.95. The van der Waals surface area contributed by atoms with Gasteiger partial charge in [-0.15, -0.1) is 0 Å². The van der Waals surface area contributed by atoms with Crippen LogP contribution < -0.4 is 0 Å². The third-order valence-corrected chi connectivity index (χ3v) is 4.92. The van der Waals surface area contributed by atoms with Gasteiger partial charge in [-0.05, 0) is 23.8 Å². The lowest BCUT2D eigenvalue weighted by Gasteiger charge is -2.08. The maximum atomic E-state index is 12.4. The topological polar surface area (TPSA) is 108 Å². The fourth-order valence-electron chi connectivity index (χ4n) is 3.03. The quantitative estimate of drug-likeness (QED) is 0.240. The number of hydrogen-bond acceptors (Lipinski definition) is 6. The first-order valence-electron chi connectivity index (χ1n) is 8.35. The van der Waals surface area contributed by atoms with Gasteiger partial charge in [-0.1, -0.05) is 40.2 Å². The van der Waals surface area contributed by atoms with E-state index in [1.165, 1.54) is 0 Å². The number of benzene rings is 1. The molecule has 1 N–H and O–H groups in total. The van der Waals surface area contributed by atoms with Crippen molar-refractivity contribution in [2.24, 2.45) is 17.3 Å². The van der Waals surface area contributed by atoms with Gasteiger partial charge >= 0.3 is 11.1 Å². The summed E-state index contributed by atoms with van der Waals surface area (Å²) >= 11 is 3.56. The summed E-state index contributed by atoms with van der Waals surface area (Å²) in [6, 6.07) is 5.96. The molecule has 0 amide bonds. The average molecular weight is 440 g/mol. The molecule has 1 aromatic heterocycles. The van der Waals surface area contributed by atoms with E-state index in [9.17, 15) is 4.79 Å². The number of esters is 1. The van der Waals surface area contributed by atoms with Gasteiger partial charge in [-0.25, -0.2) is 10.3 Å². The molecule has 8 nitrogen and oxygen atoms in total. The van der Waals surface area contributed by atoms with Crippen LogP contribution in [0.1, 0.15) is 5.56 Å². The van der Waals surface area contributed by atoms with E-state index in [0.29, 0.717) is 6.42 Å². The molecule has 1 aromatic carbocycles. The zero-order chi connectivity index (χ0) is 20.1. The molecule has 3 rings (SSSR count). The number of aromatic nitrogens is 1. The number of nitrogens with zero attached hydrogens (tertiary/aromatic N) is 5. The van der Waals surface area contributed by atoms with Gasteiger partial charge in [-0.3, -0.25) is 0 Å². The van der Waals surface area contributed by atoms with E-state index in [1.54, 1.807) is 24.3 Å². The van der Waals surface area contributed by atoms with E-state index in [-0.39, 0.29) is 23.6 Å². The van der Waals surface area contributed by atoms with Gasteiger partial charge in [0, 0.05) is 40.6 Å². The smallest absolute Gasteiger partial charge is 0.359 e. The van der Waals surface area contributed by atoms with Crippen LogP contribution in [-0.2, 0) is 23.0 Å². The van der Waals surface area contributed by atoms with Crippen molar-refractivity contribution in [1.29, 1.82) is 10.9 Å². The monoisotopic (exact) mass is 439 g/mol. The molecule has 140 valence electrons. The van der Waals surface area contributed by atoms with Crippen LogP contribution in [0.3, 0.4) is 0 Å². The molecule has 0 saturated carbocycles. The normalized spacial score (nSPS) is 16.2. The lowest BCUT2D eigenvalue weighted by molar-refractivity contribution is -0.139. The molecule has 0 saturated heterocycles. The van der Waals surface area contributed by atoms with E-state index in [1.807, 2.05) is 36.0 Å². The number of nitrogens with one attached hydrogen (secondary N) is 1. The highest BCUT2D eigenvalue weighted by atomic mass is 79.9. The number of diazo groups is 1. The van der Waals surface area contributed by atoms with Gasteiger partial charge in [0.25, 0.3) is 5.39 Å². The number of hydrogen-bond donors (Lipinski definition) is 1. The standard InChI is InChI=1S/C19H16BrN6O2/c1-26-11-12(17-14(20)6-4-8-16(17)26)9-10-28-19(27)18(23-21)13-5-2-3-7-15(13)24-25-22/h2-8,11,21H,9-10H2,1H3/q+1. The van der Waals surface area contributed by atoms with E-state index < -0.39 is 5.97 Å². The number of carbonyl (C=O) groups is 1. The van der Waals surface area contributed by atoms with Gasteiger partial charge < -0.3 is 9.30 Å². The number of rotatable bonds is 5. The zero-order valence-corrected chi connectivity index (χ0v) is 16.5. The van der Waals surface area contributed by atoms with Crippen LogP contribution in [-0.4, -0.2) is 22.9 Å². The maximum Gasteiger partial charge on any atom is 0.359 e. The Hall–Kier alpha value is -3.38. The van der Waals surface area contributed by atoms with Gasteiger partial charge in [0.2, 0.25) is 0 Å². The first-order valence-corrected chi connectivity index (χ1v) is 9.14. The summed E-state index contributed by atoms with van der Waals surface area (Å²) in [6.45, 7) is 0.127. The lowest BCUT2D eigenvalue weighted by atomic mass is 10.0. The molecular weight excluding hydrogens is 424 g/mol. The van der Waals surface area contributed by atoms with Crippen molar-refractivity contribution >= 4 is 38.5 Å². The van der Waals surface area contributed by atoms with Crippen LogP contribution >= 0.6 is 15.9 Å². The first kappa shape index (κ1) is 19.4. The summed E-state index contributed by atoms with van der Waals surface area (Å²) < 4.78 is 8.33. The second-order valence-corrected chi connectivity index (χ2v) is 6.81. The van der Waals surface area contributed by atoms with E-state index in [4.69, 9.17) is 15.7 Å². The van der Waals surface area contributed by atoms with Gasteiger partial charge in [0.15, 0.2) is 16.5 Å². The minimum atomic E-state index is -0.741. The van der Waals surface area contributed by atoms with E-state index >= 15 is 0 Å². The fraction of sp³-hybridized carbons (Fsp3) is 0.158. The third-order valence-electron chi connectivity index (χ3n) is 4.26. The minimum absolute atomic E-state index is 0.127. The molecule has 2 aromatic rings. The predicted molar refractivity (Wildman–Crippen MR) is 108 cm³/mol. The summed E-state index contributed by atoms with van der Waals surface area (Å²) in [4.78, 5) is 12.4. The summed E-state index contributed by atoms with van der Waals surface area (Å²) in [5.41, 5.74) is 9.72. The highest BCUT2D eigenvalue weighted by Crippen LogP contribution is 2.29. The summed E-state index contributed by atoms with van der Waals surface area (Å²) in [5.74, 6) is -0.741.